The van der Waals surface area contributed by atoms with Crippen molar-refractivity contribution in [2.24, 2.45) is 5.92 Å². The van der Waals surface area contributed by atoms with Crippen molar-refractivity contribution in [3.8, 4) is 0 Å². The van der Waals surface area contributed by atoms with Gasteiger partial charge in [0.15, 0.2) is 0 Å². The van der Waals surface area contributed by atoms with Crippen LogP contribution in [0.3, 0.4) is 0 Å². The Morgan fingerprint density at radius 2 is 2.25 bits per heavy atom. The van der Waals surface area contributed by atoms with Gasteiger partial charge in [0, 0.05) is 19.2 Å². The van der Waals surface area contributed by atoms with Crippen LogP contribution >= 0.6 is 0 Å². The molecule has 2 heterocycles. The normalized spacial score (nSPS) is 36.8. The summed E-state index contributed by atoms with van der Waals surface area (Å²) in [5.41, 5.74) is 0. The van der Waals surface area contributed by atoms with Crippen LogP contribution in [-0.2, 0) is 4.74 Å². The van der Waals surface area contributed by atoms with Gasteiger partial charge in [-0.3, -0.25) is 0 Å². The molecule has 16 heavy (non-hydrogen) atoms. The first-order valence-electron chi connectivity index (χ1n) is 6.80. The van der Waals surface area contributed by atoms with Crippen LogP contribution < -0.4 is 5.32 Å². The molecule has 0 aromatic carbocycles. The van der Waals surface area contributed by atoms with E-state index in [2.05, 4.69) is 24.2 Å². The Labute approximate surface area is 99.5 Å². The predicted octanol–water partition coefficient (Wildman–Crippen LogP) is 1.49. The third-order valence-corrected chi connectivity index (χ3v) is 4.16. The molecule has 0 aromatic heterocycles. The molecule has 3 atom stereocenters. The molecule has 0 aliphatic carbocycles. The summed E-state index contributed by atoms with van der Waals surface area (Å²) in [4.78, 5) is 2.48. The molecule has 0 aromatic rings. The zero-order valence-electron chi connectivity index (χ0n) is 10.7. The zero-order chi connectivity index (χ0) is 11.4. The molecule has 0 amide bonds. The van der Waals surface area contributed by atoms with Gasteiger partial charge in [0.25, 0.3) is 0 Å². The van der Waals surface area contributed by atoms with Crippen LogP contribution in [0.1, 0.15) is 32.6 Å². The second-order valence-corrected chi connectivity index (χ2v) is 5.44. The molecule has 2 rings (SSSR count). The number of rotatable bonds is 4. The Kier molecular flexibility index (Phi) is 4.62. The Morgan fingerprint density at radius 1 is 1.38 bits per heavy atom. The standard InChI is InChI=1S/C13H26N2O/c1-11-10-14-7-5-13(11)16-9-6-12-4-3-8-15(12)2/h11-14H,3-10H2,1-2H3. The van der Waals surface area contributed by atoms with Gasteiger partial charge >= 0.3 is 0 Å². The summed E-state index contributed by atoms with van der Waals surface area (Å²) in [6, 6.07) is 0.775. The molecule has 3 nitrogen and oxygen atoms in total. The summed E-state index contributed by atoms with van der Waals surface area (Å²) < 4.78 is 6.04. The van der Waals surface area contributed by atoms with E-state index in [1.54, 1.807) is 0 Å². The predicted molar refractivity (Wildman–Crippen MR) is 66.7 cm³/mol. The van der Waals surface area contributed by atoms with Crippen LogP contribution in [0.4, 0.5) is 0 Å². The van der Waals surface area contributed by atoms with E-state index in [-0.39, 0.29) is 0 Å². The molecule has 2 fully saturated rings. The van der Waals surface area contributed by atoms with E-state index >= 15 is 0 Å². The second kappa shape index (κ2) is 5.99. The average molecular weight is 226 g/mol. The number of likely N-dealkylation sites (tertiary alicyclic amines) is 1. The molecule has 2 aliphatic heterocycles. The van der Waals surface area contributed by atoms with Crippen LogP contribution in [0.5, 0.6) is 0 Å². The number of piperidine rings is 1. The van der Waals surface area contributed by atoms with Gasteiger partial charge in [-0.25, -0.2) is 0 Å². The van der Waals surface area contributed by atoms with Crippen molar-refractivity contribution in [2.75, 3.05) is 33.3 Å². The Balaban J connectivity index is 1.63. The fourth-order valence-electron chi connectivity index (χ4n) is 2.94. The van der Waals surface area contributed by atoms with Gasteiger partial charge in [-0.05, 0) is 51.7 Å². The molecule has 0 saturated carbocycles. The summed E-state index contributed by atoms with van der Waals surface area (Å²) >= 11 is 0. The molecule has 94 valence electrons. The summed E-state index contributed by atoms with van der Waals surface area (Å²) in [5, 5.41) is 3.41. The first-order valence-corrected chi connectivity index (χ1v) is 6.80. The summed E-state index contributed by atoms with van der Waals surface area (Å²) in [6.07, 6.45) is 5.62. The maximum absolute atomic E-state index is 6.04. The third-order valence-electron chi connectivity index (χ3n) is 4.16. The van der Waals surface area contributed by atoms with Gasteiger partial charge in [0.05, 0.1) is 6.10 Å². The molecule has 0 bridgehead atoms. The highest BCUT2D eigenvalue weighted by molar-refractivity contribution is 4.78. The highest BCUT2D eigenvalue weighted by Gasteiger charge is 2.23. The lowest BCUT2D eigenvalue weighted by molar-refractivity contribution is -0.00584. The van der Waals surface area contributed by atoms with Crippen molar-refractivity contribution in [2.45, 2.75) is 44.8 Å². The molecular weight excluding hydrogens is 200 g/mol. The molecule has 2 aliphatic rings. The molecule has 0 radical (unpaired) electrons. The van der Waals surface area contributed by atoms with Crippen molar-refractivity contribution in [3.05, 3.63) is 0 Å². The smallest absolute Gasteiger partial charge is 0.0624 e. The summed E-state index contributed by atoms with van der Waals surface area (Å²) in [7, 11) is 2.24. The van der Waals surface area contributed by atoms with Crippen molar-refractivity contribution in [3.63, 3.8) is 0 Å². The van der Waals surface area contributed by atoms with Gasteiger partial charge < -0.3 is 15.0 Å². The van der Waals surface area contributed by atoms with E-state index in [0.29, 0.717) is 12.0 Å². The van der Waals surface area contributed by atoms with Crippen LogP contribution in [0.25, 0.3) is 0 Å². The van der Waals surface area contributed by atoms with Crippen LogP contribution in [0.2, 0.25) is 0 Å². The van der Waals surface area contributed by atoms with E-state index in [1.807, 2.05) is 0 Å². The van der Waals surface area contributed by atoms with Crippen LogP contribution in [0.15, 0.2) is 0 Å². The fourth-order valence-corrected chi connectivity index (χ4v) is 2.94. The van der Waals surface area contributed by atoms with Crippen LogP contribution in [-0.4, -0.2) is 50.3 Å². The third kappa shape index (κ3) is 3.19. The van der Waals surface area contributed by atoms with E-state index in [4.69, 9.17) is 4.74 Å². The number of ether oxygens (including phenoxy) is 1. The number of hydrogen-bond acceptors (Lipinski definition) is 3. The molecule has 1 N–H and O–H groups in total. The topological polar surface area (TPSA) is 24.5 Å². The van der Waals surface area contributed by atoms with Gasteiger partial charge in [-0.15, -0.1) is 0 Å². The van der Waals surface area contributed by atoms with E-state index < -0.39 is 0 Å². The van der Waals surface area contributed by atoms with Gasteiger partial charge in [-0.1, -0.05) is 6.92 Å². The Morgan fingerprint density at radius 3 is 2.94 bits per heavy atom. The molecule has 0 spiro atoms. The Hall–Kier alpha value is -0.120. The van der Waals surface area contributed by atoms with E-state index in [1.165, 1.54) is 32.2 Å². The second-order valence-electron chi connectivity index (χ2n) is 5.44. The summed E-state index contributed by atoms with van der Waals surface area (Å²) in [6.45, 7) is 6.75. The highest BCUT2D eigenvalue weighted by Crippen LogP contribution is 2.19. The molecule has 3 heteroatoms. The largest absolute Gasteiger partial charge is 0.378 e. The van der Waals surface area contributed by atoms with Crippen molar-refractivity contribution < 1.29 is 4.74 Å². The monoisotopic (exact) mass is 226 g/mol. The lowest BCUT2D eigenvalue weighted by Gasteiger charge is -2.30. The fraction of sp³-hybridized carbons (Fsp3) is 1.00. The van der Waals surface area contributed by atoms with Crippen molar-refractivity contribution in [1.82, 2.24) is 10.2 Å². The molecular formula is C13H26N2O. The quantitative estimate of drug-likeness (QED) is 0.786. The lowest BCUT2D eigenvalue weighted by atomic mass is 9.98. The van der Waals surface area contributed by atoms with Crippen LogP contribution in [0, 0.1) is 5.92 Å². The zero-order valence-corrected chi connectivity index (χ0v) is 10.7. The number of hydrogen-bond donors (Lipinski definition) is 1. The van der Waals surface area contributed by atoms with Gasteiger partial charge in [0.1, 0.15) is 0 Å². The maximum Gasteiger partial charge on any atom is 0.0624 e. The maximum atomic E-state index is 6.04. The first kappa shape index (κ1) is 12.3. The number of nitrogens with one attached hydrogen (secondary N) is 1. The highest BCUT2D eigenvalue weighted by atomic mass is 16.5. The SMILES string of the molecule is CC1CNCCC1OCCC1CCCN1C. The van der Waals surface area contributed by atoms with Crippen molar-refractivity contribution >= 4 is 0 Å². The number of nitrogens with zero attached hydrogens (tertiary/aromatic N) is 1. The Bertz CT molecular complexity index is 210. The summed E-state index contributed by atoms with van der Waals surface area (Å²) in [5.74, 6) is 0.676. The van der Waals surface area contributed by atoms with Gasteiger partial charge in [0.2, 0.25) is 0 Å². The lowest BCUT2D eigenvalue weighted by Crippen LogP contribution is -2.40. The van der Waals surface area contributed by atoms with Gasteiger partial charge in [-0.2, -0.15) is 0 Å². The minimum atomic E-state index is 0.493. The molecule has 3 unspecified atom stereocenters. The van der Waals surface area contributed by atoms with E-state index in [0.717, 1.165) is 25.7 Å². The van der Waals surface area contributed by atoms with E-state index in [9.17, 15) is 0 Å². The molecule has 2 saturated heterocycles. The minimum Gasteiger partial charge on any atom is -0.378 e. The average Bonchev–Trinajstić information content (AvgIpc) is 2.67. The first-order chi connectivity index (χ1) is 7.77. The minimum absolute atomic E-state index is 0.493. The van der Waals surface area contributed by atoms with Crippen molar-refractivity contribution in [1.29, 1.82) is 0 Å².